The Hall–Kier alpha value is -2.30. The molecule has 0 aliphatic rings. The number of rotatable bonds is 3. The van der Waals surface area contributed by atoms with Crippen LogP contribution in [0.2, 0.25) is 0 Å². The molecule has 0 aliphatic heterocycles. The second-order valence-electron chi connectivity index (χ2n) is 4.11. The normalized spacial score (nSPS) is 9.86. The number of nitrogens with one attached hydrogen (secondary N) is 1. The minimum Gasteiger partial charge on any atom is -0.395 e. The van der Waals surface area contributed by atoms with Gasteiger partial charge < -0.3 is 10.4 Å². The highest BCUT2D eigenvalue weighted by atomic mass is 32.1. The van der Waals surface area contributed by atoms with Crippen LogP contribution in [0.4, 0.5) is 10.1 Å². The van der Waals surface area contributed by atoms with Gasteiger partial charge in [-0.1, -0.05) is 16.3 Å². The number of carbonyl (C=O) groups is 1. The summed E-state index contributed by atoms with van der Waals surface area (Å²) in [6.45, 7) is 1.63. The minimum atomic E-state index is -0.575. The van der Waals surface area contributed by atoms with Crippen LogP contribution in [0, 0.1) is 24.6 Å². The third-order valence-electron chi connectivity index (χ3n) is 2.54. The zero-order valence-corrected chi connectivity index (χ0v) is 12.0. The Labute approximate surface area is 125 Å². The number of nitrogens with zero attached hydrogens (tertiary/aromatic N) is 2. The SMILES string of the molecule is Cc1nnsc1C(=O)Nc1ccc(C#CCCO)cc1F. The fourth-order valence-electron chi connectivity index (χ4n) is 1.53. The first-order chi connectivity index (χ1) is 10.1. The molecule has 0 spiro atoms. The molecule has 21 heavy (non-hydrogen) atoms. The van der Waals surface area contributed by atoms with Gasteiger partial charge in [-0.3, -0.25) is 4.79 Å². The lowest BCUT2D eigenvalue weighted by Crippen LogP contribution is -2.12. The summed E-state index contributed by atoms with van der Waals surface area (Å²) < 4.78 is 17.6. The number of aliphatic hydroxyl groups is 1. The van der Waals surface area contributed by atoms with Crippen molar-refractivity contribution in [3.05, 3.63) is 40.2 Å². The molecule has 7 heteroatoms. The molecule has 1 amide bonds. The Morgan fingerprint density at radius 3 is 2.95 bits per heavy atom. The van der Waals surface area contributed by atoms with E-state index in [2.05, 4.69) is 26.7 Å². The zero-order valence-electron chi connectivity index (χ0n) is 11.2. The van der Waals surface area contributed by atoms with Crippen LogP contribution in [0.25, 0.3) is 0 Å². The molecule has 1 aromatic carbocycles. The number of benzene rings is 1. The van der Waals surface area contributed by atoms with Crippen LogP contribution < -0.4 is 5.32 Å². The van der Waals surface area contributed by atoms with Crippen molar-refractivity contribution in [1.82, 2.24) is 9.59 Å². The van der Waals surface area contributed by atoms with Crippen molar-refractivity contribution < 1.29 is 14.3 Å². The quantitative estimate of drug-likeness (QED) is 0.850. The van der Waals surface area contributed by atoms with Gasteiger partial charge in [-0.15, -0.1) is 5.10 Å². The van der Waals surface area contributed by atoms with Gasteiger partial charge in [0.2, 0.25) is 0 Å². The smallest absolute Gasteiger partial charge is 0.269 e. The summed E-state index contributed by atoms with van der Waals surface area (Å²) in [5.41, 5.74) is 1.06. The first-order valence-electron chi connectivity index (χ1n) is 6.11. The van der Waals surface area contributed by atoms with Crippen LogP contribution in [0.1, 0.15) is 27.3 Å². The fraction of sp³-hybridized carbons (Fsp3) is 0.214. The maximum atomic E-state index is 13.9. The molecule has 2 N–H and O–H groups in total. The van der Waals surface area contributed by atoms with Crippen molar-refractivity contribution in [2.75, 3.05) is 11.9 Å². The molecule has 0 radical (unpaired) electrons. The molecule has 2 aromatic rings. The van der Waals surface area contributed by atoms with Gasteiger partial charge in [-0.2, -0.15) is 0 Å². The summed E-state index contributed by atoms with van der Waals surface area (Å²) in [4.78, 5) is 12.3. The highest BCUT2D eigenvalue weighted by Gasteiger charge is 2.15. The van der Waals surface area contributed by atoms with E-state index in [4.69, 9.17) is 5.11 Å². The van der Waals surface area contributed by atoms with Crippen molar-refractivity contribution >= 4 is 23.1 Å². The lowest BCUT2D eigenvalue weighted by molar-refractivity contribution is 0.102. The van der Waals surface area contributed by atoms with E-state index in [1.807, 2.05) is 0 Å². The fourth-order valence-corrected chi connectivity index (χ4v) is 2.09. The van der Waals surface area contributed by atoms with Gasteiger partial charge in [0, 0.05) is 12.0 Å². The monoisotopic (exact) mass is 305 g/mol. The van der Waals surface area contributed by atoms with Crippen molar-refractivity contribution in [1.29, 1.82) is 0 Å². The Balaban J connectivity index is 2.13. The van der Waals surface area contributed by atoms with E-state index in [9.17, 15) is 9.18 Å². The zero-order chi connectivity index (χ0) is 15.2. The maximum Gasteiger partial charge on any atom is 0.269 e. The lowest BCUT2D eigenvalue weighted by atomic mass is 10.2. The number of hydrogen-bond acceptors (Lipinski definition) is 5. The molecule has 1 aromatic heterocycles. The number of halogens is 1. The van der Waals surface area contributed by atoms with E-state index in [1.165, 1.54) is 12.1 Å². The molecule has 2 rings (SSSR count). The Morgan fingerprint density at radius 1 is 1.52 bits per heavy atom. The summed E-state index contributed by atoms with van der Waals surface area (Å²) in [7, 11) is 0. The molecule has 0 saturated heterocycles. The second kappa shape index (κ2) is 6.92. The van der Waals surface area contributed by atoms with E-state index in [0.717, 1.165) is 11.5 Å². The molecular weight excluding hydrogens is 293 g/mol. The van der Waals surface area contributed by atoms with Crippen LogP contribution in [0.3, 0.4) is 0 Å². The van der Waals surface area contributed by atoms with E-state index in [0.29, 0.717) is 22.6 Å². The highest BCUT2D eigenvalue weighted by Crippen LogP contribution is 2.18. The van der Waals surface area contributed by atoms with Crippen molar-refractivity contribution in [2.24, 2.45) is 0 Å². The van der Waals surface area contributed by atoms with E-state index in [-0.39, 0.29) is 12.3 Å². The number of aromatic nitrogens is 2. The van der Waals surface area contributed by atoms with Gasteiger partial charge in [0.1, 0.15) is 10.7 Å². The predicted octanol–water partition coefficient (Wildman–Crippen LogP) is 1.97. The predicted molar refractivity (Wildman–Crippen MR) is 77.6 cm³/mol. The largest absolute Gasteiger partial charge is 0.395 e. The first kappa shape index (κ1) is 15.1. The number of aliphatic hydroxyl groups excluding tert-OH is 1. The van der Waals surface area contributed by atoms with E-state index >= 15 is 0 Å². The van der Waals surface area contributed by atoms with Crippen molar-refractivity contribution in [2.45, 2.75) is 13.3 Å². The highest BCUT2D eigenvalue weighted by molar-refractivity contribution is 7.08. The number of anilines is 1. The van der Waals surface area contributed by atoms with Crippen LogP contribution in [0.15, 0.2) is 18.2 Å². The maximum absolute atomic E-state index is 13.9. The molecule has 0 bridgehead atoms. The molecule has 0 unspecified atom stereocenters. The second-order valence-corrected chi connectivity index (χ2v) is 4.87. The molecule has 0 aliphatic carbocycles. The molecule has 0 saturated carbocycles. The summed E-state index contributed by atoms with van der Waals surface area (Å²) in [6.07, 6.45) is 0.331. The van der Waals surface area contributed by atoms with Gasteiger partial charge >= 0.3 is 0 Å². The summed E-state index contributed by atoms with van der Waals surface area (Å²) in [5, 5.41) is 14.8. The van der Waals surface area contributed by atoms with Gasteiger partial charge in [0.05, 0.1) is 18.0 Å². The van der Waals surface area contributed by atoms with Gasteiger partial charge in [-0.25, -0.2) is 4.39 Å². The van der Waals surface area contributed by atoms with E-state index in [1.54, 1.807) is 13.0 Å². The van der Waals surface area contributed by atoms with Crippen LogP contribution in [-0.2, 0) is 0 Å². The first-order valence-corrected chi connectivity index (χ1v) is 6.88. The van der Waals surface area contributed by atoms with Gasteiger partial charge in [0.25, 0.3) is 5.91 Å². The molecule has 0 fully saturated rings. The Bertz CT molecular complexity index is 718. The molecule has 108 valence electrons. The Kier molecular flexibility index (Phi) is 4.98. The molecule has 0 atom stereocenters. The molecule has 1 heterocycles. The van der Waals surface area contributed by atoms with E-state index < -0.39 is 11.7 Å². The minimum absolute atomic E-state index is 0.0359. The summed E-state index contributed by atoms with van der Waals surface area (Å²) in [6, 6.07) is 4.28. The number of carbonyl (C=O) groups excluding carboxylic acids is 1. The third kappa shape index (κ3) is 3.84. The summed E-state index contributed by atoms with van der Waals surface area (Å²) >= 11 is 0.958. The van der Waals surface area contributed by atoms with Crippen molar-refractivity contribution in [3.8, 4) is 11.8 Å². The topological polar surface area (TPSA) is 75.1 Å². The van der Waals surface area contributed by atoms with Gasteiger partial charge in [0.15, 0.2) is 0 Å². The number of hydrogen-bond donors (Lipinski definition) is 2. The van der Waals surface area contributed by atoms with Crippen molar-refractivity contribution in [3.63, 3.8) is 0 Å². The summed E-state index contributed by atoms with van der Waals surface area (Å²) in [5.74, 6) is 4.40. The number of aryl methyl sites for hydroxylation is 1. The number of amides is 1. The van der Waals surface area contributed by atoms with Crippen LogP contribution in [0.5, 0.6) is 0 Å². The average Bonchev–Trinajstić information content (AvgIpc) is 2.88. The molecule has 5 nitrogen and oxygen atoms in total. The average molecular weight is 305 g/mol. The standard InChI is InChI=1S/C14H12FN3O2S/c1-9-13(21-18-17-9)14(20)16-12-6-5-10(8-11(12)15)4-2-3-7-19/h5-6,8,19H,3,7H2,1H3,(H,16,20). The molecular formula is C14H12FN3O2S. The third-order valence-corrected chi connectivity index (χ3v) is 3.37. The Morgan fingerprint density at radius 2 is 2.33 bits per heavy atom. The van der Waals surface area contributed by atoms with Crippen LogP contribution in [-0.4, -0.2) is 27.2 Å². The lowest BCUT2D eigenvalue weighted by Gasteiger charge is -2.05. The van der Waals surface area contributed by atoms with Gasteiger partial charge in [-0.05, 0) is 36.7 Å². The van der Waals surface area contributed by atoms with Crippen LogP contribution >= 0.6 is 11.5 Å².